The fourth-order valence-electron chi connectivity index (χ4n) is 2.57. The lowest BCUT2D eigenvalue weighted by Crippen LogP contribution is -2.41. The number of nitrogens with zero attached hydrogens (tertiary/aromatic N) is 1. The fraction of sp³-hybridized carbons (Fsp3) is 0.333. The van der Waals surface area contributed by atoms with Crippen molar-refractivity contribution in [3.8, 4) is 11.5 Å². The molecule has 0 aromatic heterocycles. The van der Waals surface area contributed by atoms with Crippen LogP contribution in [0, 0.1) is 0 Å². The molecule has 0 bridgehead atoms. The molecule has 0 atom stereocenters. The van der Waals surface area contributed by atoms with Gasteiger partial charge in [0.1, 0.15) is 11.5 Å². The van der Waals surface area contributed by atoms with E-state index in [9.17, 15) is 13.6 Å². The van der Waals surface area contributed by atoms with Crippen molar-refractivity contribution in [2.24, 2.45) is 4.99 Å². The summed E-state index contributed by atoms with van der Waals surface area (Å²) in [5, 5.41) is 8.97. The highest BCUT2D eigenvalue weighted by atomic mass is 127. The van der Waals surface area contributed by atoms with Crippen molar-refractivity contribution < 1.29 is 23.0 Å². The molecule has 2 rings (SSSR count). The molecule has 31 heavy (non-hydrogen) atoms. The summed E-state index contributed by atoms with van der Waals surface area (Å²) < 4.78 is 34.7. The topological polar surface area (TPSA) is 84.0 Å². The molecule has 7 nitrogen and oxygen atoms in total. The molecule has 0 unspecified atom stereocenters. The van der Waals surface area contributed by atoms with Crippen LogP contribution in [0.15, 0.2) is 53.5 Å². The normalized spacial score (nSPS) is 10.8. The van der Waals surface area contributed by atoms with Crippen LogP contribution >= 0.6 is 24.0 Å². The van der Waals surface area contributed by atoms with E-state index in [-0.39, 0.29) is 42.2 Å². The van der Waals surface area contributed by atoms with Crippen LogP contribution in [0.3, 0.4) is 0 Å². The van der Waals surface area contributed by atoms with Gasteiger partial charge in [-0.1, -0.05) is 24.3 Å². The number of methoxy groups -OCH3 is 1. The van der Waals surface area contributed by atoms with Gasteiger partial charge in [0.2, 0.25) is 0 Å². The molecule has 0 aliphatic heterocycles. The monoisotopic (exact) mass is 548 g/mol. The molecule has 0 fully saturated rings. The van der Waals surface area contributed by atoms with Crippen LogP contribution in [0.5, 0.6) is 11.5 Å². The highest BCUT2D eigenvalue weighted by Crippen LogP contribution is 2.20. The van der Waals surface area contributed by atoms with E-state index in [0.717, 1.165) is 0 Å². The zero-order chi connectivity index (χ0) is 21.8. The van der Waals surface area contributed by atoms with Crippen molar-refractivity contribution in [3.63, 3.8) is 0 Å². The van der Waals surface area contributed by atoms with Gasteiger partial charge in [0.05, 0.1) is 13.7 Å². The van der Waals surface area contributed by atoms with E-state index in [1.165, 1.54) is 6.07 Å². The highest BCUT2D eigenvalue weighted by molar-refractivity contribution is 14.0. The Hall–Kier alpha value is -2.63. The van der Waals surface area contributed by atoms with Gasteiger partial charge in [-0.3, -0.25) is 4.79 Å². The summed E-state index contributed by atoms with van der Waals surface area (Å²) in [6.07, 6.45) is 0. The van der Waals surface area contributed by atoms with Crippen LogP contribution in [-0.4, -0.2) is 45.2 Å². The molecule has 2 aromatic rings. The second-order valence-corrected chi connectivity index (χ2v) is 6.10. The standard InChI is InChI=1S/C21H26F2N4O3.HI/c1-3-24-21(27-14-16-7-4-5-10-18(16)30-20(22)23)26-12-11-25-19(28)15-8-6-9-17(13-15)29-2;/h4-10,13,20H,3,11-12,14H2,1-2H3,(H,25,28)(H2,24,26,27);1H. The Labute approximate surface area is 197 Å². The third kappa shape index (κ3) is 9.37. The lowest BCUT2D eigenvalue weighted by molar-refractivity contribution is -0.0504. The van der Waals surface area contributed by atoms with Gasteiger partial charge >= 0.3 is 6.61 Å². The molecule has 2 aromatic carbocycles. The number of ether oxygens (including phenoxy) is 2. The van der Waals surface area contributed by atoms with Crippen molar-refractivity contribution in [1.29, 1.82) is 0 Å². The molecule has 0 aliphatic rings. The molecule has 0 heterocycles. The van der Waals surface area contributed by atoms with Gasteiger partial charge in [0.15, 0.2) is 5.96 Å². The minimum atomic E-state index is -2.89. The quantitative estimate of drug-likeness (QED) is 0.184. The number of amides is 1. The Balaban J connectivity index is 0.00000480. The Kier molecular flexibility index (Phi) is 12.3. The van der Waals surface area contributed by atoms with Crippen molar-refractivity contribution in [1.82, 2.24) is 16.0 Å². The molecular formula is C21H27F2IN4O3. The average Bonchev–Trinajstić information content (AvgIpc) is 2.75. The summed E-state index contributed by atoms with van der Waals surface area (Å²) in [7, 11) is 1.54. The van der Waals surface area contributed by atoms with E-state index in [4.69, 9.17) is 4.74 Å². The second-order valence-electron chi connectivity index (χ2n) is 6.10. The molecule has 0 aliphatic carbocycles. The number of carbonyl (C=O) groups is 1. The van der Waals surface area contributed by atoms with Gasteiger partial charge in [0, 0.05) is 30.8 Å². The van der Waals surface area contributed by atoms with Gasteiger partial charge in [-0.2, -0.15) is 8.78 Å². The molecule has 3 N–H and O–H groups in total. The predicted molar refractivity (Wildman–Crippen MR) is 127 cm³/mol. The maximum absolute atomic E-state index is 12.5. The number of aliphatic imine (C=N–C) groups is 1. The zero-order valence-electron chi connectivity index (χ0n) is 17.4. The van der Waals surface area contributed by atoms with Crippen molar-refractivity contribution >= 4 is 35.8 Å². The minimum Gasteiger partial charge on any atom is -0.497 e. The largest absolute Gasteiger partial charge is 0.497 e. The third-order valence-corrected chi connectivity index (χ3v) is 3.98. The number of para-hydroxylation sites is 1. The Morgan fingerprint density at radius 1 is 1.06 bits per heavy atom. The van der Waals surface area contributed by atoms with Crippen LogP contribution in [0.25, 0.3) is 0 Å². The first-order valence-electron chi connectivity index (χ1n) is 9.50. The van der Waals surface area contributed by atoms with Gasteiger partial charge < -0.3 is 25.4 Å². The molecule has 0 saturated heterocycles. The fourth-order valence-corrected chi connectivity index (χ4v) is 2.57. The van der Waals surface area contributed by atoms with Crippen molar-refractivity contribution in [2.75, 3.05) is 26.7 Å². The lowest BCUT2D eigenvalue weighted by atomic mass is 10.2. The Morgan fingerprint density at radius 3 is 2.52 bits per heavy atom. The van der Waals surface area contributed by atoms with Gasteiger partial charge in [-0.25, -0.2) is 4.99 Å². The number of halogens is 3. The smallest absolute Gasteiger partial charge is 0.387 e. The van der Waals surface area contributed by atoms with Crippen molar-refractivity contribution in [3.05, 3.63) is 59.7 Å². The number of hydrogen-bond acceptors (Lipinski definition) is 4. The second kappa shape index (κ2) is 14.4. The van der Waals surface area contributed by atoms with Crippen LogP contribution in [0.1, 0.15) is 22.8 Å². The highest BCUT2D eigenvalue weighted by Gasteiger charge is 2.09. The molecule has 1 amide bonds. The van der Waals surface area contributed by atoms with Crippen LogP contribution in [0.2, 0.25) is 0 Å². The number of nitrogens with one attached hydrogen (secondary N) is 3. The Morgan fingerprint density at radius 2 is 1.81 bits per heavy atom. The van der Waals surface area contributed by atoms with Gasteiger partial charge in [-0.05, 0) is 31.2 Å². The first-order valence-corrected chi connectivity index (χ1v) is 9.50. The molecule has 10 heteroatoms. The first kappa shape index (κ1) is 26.4. The van der Waals surface area contributed by atoms with Crippen LogP contribution < -0.4 is 25.4 Å². The SMILES string of the molecule is CCNC(=NCc1ccccc1OC(F)F)NCCNC(=O)c1cccc(OC)c1.I. The summed E-state index contributed by atoms with van der Waals surface area (Å²) in [5.41, 5.74) is 1.05. The number of guanidine groups is 1. The summed E-state index contributed by atoms with van der Waals surface area (Å²) >= 11 is 0. The van der Waals surface area contributed by atoms with E-state index in [1.807, 2.05) is 6.92 Å². The molecule has 0 saturated carbocycles. The predicted octanol–water partition coefficient (Wildman–Crippen LogP) is 3.40. The molecule has 170 valence electrons. The first-order chi connectivity index (χ1) is 14.5. The lowest BCUT2D eigenvalue weighted by Gasteiger charge is -2.13. The van der Waals surface area contributed by atoms with Crippen molar-refractivity contribution in [2.45, 2.75) is 20.1 Å². The minimum absolute atomic E-state index is 0. The maximum Gasteiger partial charge on any atom is 0.387 e. The maximum atomic E-state index is 12.5. The molecular weight excluding hydrogens is 521 g/mol. The summed E-state index contributed by atoms with van der Waals surface area (Å²) in [6, 6.07) is 13.4. The van der Waals surface area contributed by atoms with Gasteiger partial charge in [-0.15, -0.1) is 24.0 Å². The Bertz CT molecular complexity index is 853. The molecule has 0 spiro atoms. The van der Waals surface area contributed by atoms with Crippen LogP contribution in [-0.2, 0) is 6.54 Å². The van der Waals surface area contributed by atoms with Gasteiger partial charge in [0.25, 0.3) is 5.91 Å². The third-order valence-electron chi connectivity index (χ3n) is 3.98. The number of alkyl halides is 2. The van der Waals surface area contributed by atoms with E-state index in [2.05, 4.69) is 25.7 Å². The summed E-state index contributed by atoms with van der Waals surface area (Å²) in [5.74, 6) is 0.992. The number of rotatable bonds is 10. The number of hydrogen-bond donors (Lipinski definition) is 3. The van der Waals surface area contributed by atoms with E-state index in [1.54, 1.807) is 49.6 Å². The van der Waals surface area contributed by atoms with Crippen LogP contribution in [0.4, 0.5) is 8.78 Å². The summed E-state index contributed by atoms with van der Waals surface area (Å²) in [4.78, 5) is 16.6. The molecule has 0 radical (unpaired) electrons. The number of carbonyl (C=O) groups excluding carboxylic acids is 1. The zero-order valence-corrected chi connectivity index (χ0v) is 19.7. The van der Waals surface area contributed by atoms with E-state index >= 15 is 0 Å². The van der Waals surface area contributed by atoms with E-state index < -0.39 is 6.61 Å². The number of benzene rings is 2. The average molecular weight is 548 g/mol. The van der Waals surface area contributed by atoms with E-state index in [0.29, 0.717) is 42.5 Å². The summed E-state index contributed by atoms with van der Waals surface area (Å²) in [6.45, 7) is 0.596.